The molecule has 0 radical (unpaired) electrons. The third-order valence-corrected chi connectivity index (χ3v) is 4.22. The summed E-state index contributed by atoms with van der Waals surface area (Å²) in [4.78, 5) is 0. The maximum atomic E-state index is 8.62. The second kappa shape index (κ2) is 6.55. The Labute approximate surface area is 107 Å². The van der Waals surface area contributed by atoms with Crippen molar-refractivity contribution in [1.29, 1.82) is 0 Å². The van der Waals surface area contributed by atoms with Gasteiger partial charge >= 0.3 is 0 Å². The van der Waals surface area contributed by atoms with E-state index in [0.29, 0.717) is 5.25 Å². The minimum absolute atomic E-state index is 0.161. The number of hydrogen-bond acceptors (Lipinski definition) is 3. The quantitative estimate of drug-likeness (QED) is 0.366. The first-order valence-corrected chi connectivity index (χ1v) is 6.82. The van der Waals surface area contributed by atoms with Crippen LogP contribution in [0.2, 0.25) is 0 Å². The Balaban J connectivity index is 2.76. The second-order valence-corrected chi connectivity index (χ2v) is 5.58. The zero-order valence-electron chi connectivity index (χ0n) is 10.6. The minimum Gasteiger partial charge on any atom is -0.409 e. The molecule has 4 heteroatoms. The average Bonchev–Trinajstić information content (AvgIpc) is 2.35. The van der Waals surface area contributed by atoms with Gasteiger partial charge in [-0.05, 0) is 30.5 Å². The normalized spacial score (nSPS) is 13.7. The van der Waals surface area contributed by atoms with Gasteiger partial charge in [0.1, 0.15) is 0 Å². The number of nitrogens with zero attached hydrogens (tertiary/aromatic N) is 1. The Morgan fingerprint density at radius 3 is 2.76 bits per heavy atom. The van der Waals surface area contributed by atoms with Gasteiger partial charge in [-0.1, -0.05) is 31.1 Å². The molecule has 0 heterocycles. The number of oxime groups is 1. The first-order valence-electron chi connectivity index (χ1n) is 5.77. The van der Waals surface area contributed by atoms with E-state index in [1.165, 1.54) is 17.5 Å². The van der Waals surface area contributed by atoms with Crippen molar-refractivity contribution in [3.05, 3.63) is 34.9 Å². The second-order valence-electron chi connectivity index (χ2n) is 4.16. The van der Waals surface area contributed by atoms with Crippen molar-refractivity contribution < 1.29 is 5.21 Å². The van der Waals surface area contributed by atoms with Gasteiger partial charge in [0.05, 0.1) is 0 Å². The molecule has 3 N–H and O–H groups in total. The van der Waals surface area contributed by atoms with Crippen molar-refractivity contribution in [3.63, 3.8) is 0 Å². The number of aryl methyl sites for hydroxylation is 1. The van der Waals surface area contributed by atoms with Gasteiger partial charge in [0, 0.05) is 16.6 Å². The van der Waals surface area contributed by atoms with Crippen LogP contribution in [0.5, 0.6) is 0 Å². The van der Waals surface area contributed by atoms with Crippen molar-refractivity contribution >= 4 is 17.6 Å². The maximum Gasteiger partial charge on any atom is 0.170 e. The van der Waals surface area contributed by atoms with Crippen LogP contribution in [-0.4, -0.2) is 16.3 Å². The number of amidine groups is 1. The molecule has 0 spiro atoms. The minimum atomic E-state index is 0.161. The van der Waals surface area contributed by atoms with Gasteiger partial charge in [0.25, 0.3) is 0 Å². The van der Waals surface area contributed by atoms with Crippen LogP contribution in [-0.2, 0) is 5.75 Å². The van der Waals surface area contributed by atoms with E-state index in [2.05, 4.69) is 32.0 Å². The molecular weight excluding hydrogens is 232 g/mol. The summed E-state index contributed by atoms with van der Waals surface area (Å²) in [5.41, 5.74) is 8.81. The van der Waals surface area contributed by atoms with Gasteiger partial charge in [0.2, 0.25) is 0 Å². The Kier molecular flexibility index (Phi) is 5.35. The highest BCUT2D eigenvalue weighted by Crippen LogP contribution is 2.22. The molecule has 1 rings (SSSR count). The molecule has 94 valence electrons. The zero-order valence-corrected chi connectivity index (χ0v) is 11.4. The van der Waals surface area contributed by atoms with E-state index in [1.807, 2.05) is 23.9 Å². The Hall–Kier alpha value is -1.16. The molecule has 0 saturated heterocycles. The van der Waals surface area contributed by atoms with Crippen molar-refractivity contribution in [3.8, 4) is 0 Å². The van der Waals surface area contributed by atoms with E-state index in [0.717, 1.165) is 11.3 Å². The molecule has 0 aliphatic heterocycles. The Bertz CT molecular complexity index is 404. The summed E-state index contributed by atoms with van der Waals surface area (Å²) in [5.74, 6) is 1.17. The Morgan fingerprint density at radius 1 is 1.53 bits per heavy atom. The van der Waals surface area contributed by atoms with Gasteiger partial charge in [-0.15, -0.1) is 0 Å². The molecule has 1 aromatic carbocycles. The summed E-state index contributed by atoms with van der Waals surface area (Å²) < 4.78 is 0. The molecule has 3 nitrogen and oxygen atoms in total. The van der Waals surface area contributed by atoms with Crippen LogP contribution in [0.25, 0.3) is 0 Å². The highest BCUT2D eigenvalue weighted by Gasteiger charge is 2.05. The molecule has 0 bridgehead atoms. The highest BCUT2D eigenvalue weighted by molar-refractivity contribution is 7.99. The lowest BCUT2D eigenvalue weighted by Crippen LogP contribution is -2.13. The predicted molar refractivity (Wildman–Crippen MR) is 74.7 cm³/mol. The summed E-state index contributed by atoms with van der Waals surface area (Å²) in [6.07, 6.45) is 1.19. The predicted octanol–water partition coefficient (Wildman–Crippen LogP) is 3.12. The van der Waals surface area contributed by atoms with Gasteiger partial charge in [0.15, 0.2) is 5.84 Å². The number of rotatable bonds is 5. The largest absolute Gasteiger partial charge is 0.409 e. The van der Waals surface area contributed by atoms with Gasteiger partial charge in [-0.2, -0.15) is 11.8 Å². The maximum absolute atomic E-state index is 8.62. The van der Waals surface area contributed by atoms with Gasteiger partial charge < -0.3 is 10.9 Å². The molecular formula is C13H20N2OS. The van der Waals surface area contributed by atoms with Crippen LogP contribution < -0.4 is 5.73 Å². The summed E-state index contributed by atoms with van der Waals surface area (Å²) >= 11 is 1.95. The van der Waals surface area contributed by atoms with E-state index in [9.17, 15) is 0 Å². The molecule has 0 aliphatic carbocycles. The van der Waals surface area contributed by atoms with Crippen LogP contribution in [0.1, 0.15) is 37.0 Å². The lowest BCUT2D eigenvalue weighted by atomic mass is 10.1. The van der Waals surface area contributed by atoms with Crippen LogP contribution in [0.15, 0.2) is 23.4 Å². The first-order chi connectivity index (χ1) is 8.08. The molecule has 1 aromatic rings. The van der Waals surface area contributed by atoms with Gasteiger partial charge in [-0.25, -0.2) is 0 Å². The van der Waals surface area contributed by atoms with Crippen LogP contribution in [0, 0.1) is 6.92 Å². The fraction of sp³-hybridized carbons (Fsp3) is 0.462. The molecule has 0 fully saturated rings. The topological polar surface area (TPSA) is 58.6 Å². The smallest absolute Gasteiger partial charge is 0.170 e. The van der Waals surface area contributed by atoms with Crippen LogP contribution in [0.3, 0.4) is 0 Å². The molecule has 1 atom stereocenters. The first kappa shape index (κ1) is 13.9. The standard InChI is InChI=1S/C13H20N2OS/c1-4-10(3)17-8-12-6-5-11(7-9(12)2)13(14)15-16/h5-7,10,16H,4,8H2,1-3H3,(H2,14,15). The monoisotopic (exact) mass is 252 g/mol. The fourth-order valence-electron chi connectivity index (χ4n) is 1.42. The number of thioether (sulfide) groups is 1. The van der Waals surface area contributed by atoms with E-state index in [-0.39, 0.29) is 5.84 Å². The molecule has 0 aliphatic rings. The van der Waals surface area contributed by atoms with E-state index in [4.69, 9.17) is 10.9 Å². The average molecular weight is 252 g/mol. The third kappa shape index (κ3) is 3.97. The summed E-state index contributed by atoms with van der Waals surface area (Å²) in [6, 6.07) is 5.91. The highest BCUT2D eigenvalue weighted by atomic mass is 32.2. The van der Waals surface area contributed by atoms with Crippen molar-refractivity contribution in [2.75, 3.05) is 0 Å². The van der Waals surface area contributed by atoms with Gasteiger partial charge in [-0.3, -0.25) is 0 Å². The third-order valence-electron chi connectivity index (χ3n) is 2.84. The molecule has 1 unspecified atom stereocenters. The van der Waals surface area contributed by atoms with Crippen molar-refractivity contribution in [2.45, 2.75) is 38.2 Å². The summed E-state index contributed by atoms with van der Waals surface area (Å²) in [6.45, 7) is 6.50. The SMILES string of the molecule is CCC(C)SCc1ccc(/C(N)=N/O)cc1C. The number of hydrogen-bond donors (Lipinski definition) is 2. The molecule has 0 saturated carbocycles. The van der Waals surface area contributed by atoms with E-state index in [1.54, 1.807) is 0 Å². The lowest BCUT2D eigenvalue weighted by Gasteiger charge is -2.11. The Morgan fingerprint density at radius 2 is 2.24 bits per heavy atom. The summed E-state index contributed by atoms with van der Waals surface area (Å²) in [7, 11) is 0. The van der Waals surface area contributed by atoms with E-state index >= 15 is 0 Å². The number of nitrogens with two attached hydrogens (primary N) is 1. The zero-order chi connectivity index (χ0) is 12.8. The lowest BCUT2D eigenvalue weighted by molar-refractivity contribution is 0.318. The summed E-state index contributed by atoms with van der Waals surface area (Å²) in [5, 5.41) is 12.3. The van der Waals surface area contributed by atoms with Crippen LogP contribution >= 0.6 is 11.8 Å². The van der Waals surface area contributed by atoms with Crippen molar-refractivity contribution in [1.82, 2.24) is 0 Å². The molecule has 0 aromatic heterocycles. The van der Waals surface area contributed by atoms with Crippen LogP contribution in [0.4, 0.5) is 0 Å². The molecule has 0 amide bonds. The number of benzene rings is 1. The molecule has 17 heavy (non-hydrogen) atoms. The van der Waals surface area contributed by atoms with E-state index < -0.39 is 0 Å². The fourth-order valence-corrected chi connectivity index (χ4v) is 2.45. The van der Waals surface area contributed by atoms with Crippen molar-refractivity contribution in [2.24, 2.45) is 10.9 Å².